The molecule has 0 bridgehead atoms. The lowest BCUT2D eigenvalue weighted by molar-refractivity contribution is 0.352. The lowest BCUT2D eigenvalue weighted by Gasteiger charge is -2.08. The van der Waals surface area contributed by atoms with E-state index >= 15 is 0 Å². The molecule has 0 atom stereocenters. The van der Waals surface area contributed by atoms with Crippen LogP contribution in [0.1, 0.15) is 25.0 Å². The van der Waals surface area contributed by atoms with Gasteiger partial charge in [0.2, 0.25) is 0 Å². The van der Waals surface area contributed by atoms with Crippen molar-refractivity contribution in [3.8, 4) is 11.5 Å². The zero-order valence-corrected chi connectivity index (χ0v) is 14.0. The van der Waals surface area contributed by atoms with Crippen LogP contribution in [-0.2, 0) is 6.42 Å². The van der Waals surface area contributed by atoms with Gasteiger partial charge in [0.1, 0.15) is 24.7 Å². The maximum Gasteiger partial charge on any atom is 0.119 e. The molecule has 0 radical (unpaired) electrons. The first-order valence-corrected chi connectivity index (χ1v) is 7.75. The molecule has 0 aliphatic heterocycles. The van der Waals surface area contributed by atoms with E-state index < -0.39 is 0 Å². The number of ether oxygens (including phenoxy) is 2. The van der Waals surface area contributed by atoms with Gasteiger partial charge in [0.05, 0.1) is 0 Å². The molecule has 2 heteroatoms. The molecule has 0 aliphatic carbocycles. The highest BCUT2D eigenvalue weighted by Gasteiger charge is 2.00. The first kappa shape index (κ1) is 16.9. The maximum absolute atomic E-state index is 5.61. The first-order valence-electron chi connectivity index (χ1n) is 7.75. The molecular formula is C21H24O2. The Morgan fingerprint density at radius 1 is 0.696 bits per heavy atom. The third-order valence-electron chi connectivity index (χ3n) is 3.23. The van der Waals surface area contributed by atoms with E-state index in [4.69, 9.17) is 9.47 Å². The summed E-state index contributed by atoms with van der Waals surface area (Å²) in [4.78, 5) is 0. The summed E-state index contributed by atoms with van der Waals surface area (Å²) < 4.78 is 11.2. The van der Waals surface area contributed by atoms with Crippen molar-refractivity contribution in [2.45, 2.75) is 20.3 Å². The first-order chi connectivity index (χ1) is 11.0. The van der Waals surface area contributed by atoms with Gasteiger partial charge in [-0.25, -0.2) is 0 Å². The fourth-order valence-corrected chi connectivity index (χ4v) is 2.06. The second kappa shape index (κ2) is 8.23. The fourth-order valence-electron chi connectivity index (χ4n) is 2.06. The van der Waals surface area contributed by atoms with Crippen LogP contribution in [0.5, 0.6) is 11.5 Å². The minimum atomic E-state index is 0.561. The van der Waals surface area contributed by atoms with Crippen molar-refractivity contribution in [2.24, 2.45) is 0 Å². The van der Waals surface area contributed by atoms with Crippen molar-refractivity contribution >= 4 is 0 Å². The van der Waals surface area contributed by atoms with Gasteiger partial charge in [-0.3, -0.25) is 0 Å². The van der Waals surface area contributed by atoms with Gasteiger partial charge in [-0.1, -0.05) is 37.4 Å². The van der Waals surface area contributed by atoms with Gasteiger partial charge in [0.15, 0.2) is 0 Å². The molecule has 0 aliphatic rings. The molecule has 0 amide bonds. The van der Waals surface area contributed by atoms with Gasteiger partial charge in [0, 0.05) is 0 Å². The van der Waals surface area contributed by atoms with E-state index in [1.807, 2.05) is 38.1 Å². The van der Waals surface area contributed by atoms with Crippen molar-refractivity contribution in [2.75, 3.05) is 13.2 Å². The van der Waals surface area contributed by atoms with Crippen LogP contribution in [-0.4, -0.2) is 13.2 Å². The second-order valence-electron chi connectivity index (χ2n) is 5.96. The van der Waals surface area contributed by atoms with Crippen LogP contribution in [0.15, 0.2) is 72.8 Å². The highest BCUT2D eigenvalue weighted by atomic mass is 16.5. The van der Waals surface area contributed by atoms with Crippen LogP contribution in [0.25, 0.3) is 0 Å². The Balaban J connectivity index is 1.91. The maximum atomic E-state index is 5.61. The summed E-state index contributed by atoms with van der Waals surface area (Å²) in [5.41, 5.74) is 4.54. The normalized spacial score (nSPS) is 10.2. The zero-order valence-electron chi connectivity index (χ0n) is 14.0. The lowest BCUT2D eigenvalue weighted by Crippen LogP contribution is -1.98. The Labute approximate surface area is 139 Å². The van der Waals surface area contributed by atoms with Crippen LogP contribution in [0, 0.1) is 0 Å². The molecule has 0 spiro atoms. The van der Waals surface area contributed by atoms with Crippen molar-refractivity contribution in [3.05, 3.63) is 84.0 Å². The van der Waals surface area contributed by atoms with Crippen molar-refractivity contribution in [1.82, 2.24) is 0 Å². The van der Waals surface area contributed by atoms with Crippen LogP contribution in [0.3, 0.4) is 0 Å². The summed E-state index contributed by atoms with van der Waals surface area (Å²) in [6, 6.07) is 16.4. The number of rotatable bonds is 8. The summed E-state index contributed by atoms with van der Waals surface area (Å²) in [6.45, 7) is 12.7. The van der Waals surface area contributed by atoms with Crippen LogP contribution >= 0.6 is 0 Å². The van der Waals surface area contributed by atoms with Crippen LogP contribution < -0.4 is 9.47 Å². The molecule has 0 fully saturated rings. The molecule has 0 unspecified atom stereocenters. The molecule has 0 heterocycles. The Hall–Kier alpha value is -2.48. The summed E-state index contributed by atoms with van der Waals surface area (Å²) in [5, 5.41) is 0. The smallest absolute Gasteiger partial charge is 0.119 e. The summed E-state index contributed by atoms with van der Waals surface area (Å²) in [5.74, 6) is 1.75. The molecule has 0 N–H and O–H groups in total. The van der Waals surface area contributed by atoms with Gasteiger partial charge in [-0.15, -0.1) is 0 Å². The molecule has 0 saturated heterocycles. The fraction of sp³-hybridized carbons (Fsp3) is 0.238. The minimum Gasteiger partial charge on any atom is -0.489 e. The Kier molecular flexibility index (Phi) is 6.04. The molecule has 120 valence electrons. The Bertz CT molecular complexity index is 592. The molecule has 2 aromatic rings. The van der Waals surface area contributed by atoms with Gasteiger partial charge < -0.3 is 9.47 Å². The molecule has 0 saturated carbocycles. The molecule has 2 rings (SSSR count). The standard InChI is InChI=1S/C21H24O2/c1-16(2)14-22-20-9-5-18(6-10-20)13-19-7-11-21(12-8-19)23-15-17(3)4/h5-12H,1,3,13-15H2,2,4H3. The highest BCUT2D eigenvalue weighted by molar-refractivity contribution is 5.34. The van der Waals surface area contributed by atoms with E-state index in [1.54, 1.807) is 0 Å². The minimum absolute atomic E-state index is 0.561. The van der Waals surface area contributed by atoms with E-state index in [0.717, 1.165) is 29.1 Å². The topological polar surface area (TPSA) is 18.5 Å². The van der Waals surface area contributed by atoms with Gasteiger partial charge in [-0.05, 0) is 66.8 Å². The molecule has 23 heavy (non-hydrogen) atoms. The SMILES string of the molecule is C=C(C)COc1ccc(Cc2ccc(OCC(=C)C)cc2)cc1. The van der Waals surface area contributed by atoms with Gasteiger partial charge in [-0.2, -0.15) is 0 Å². The molecular weight excluding hydrogens is 284 g/mol. The summed E-state index contributed by atoms with van der Waals surface area (Å²) >= 11 is 0. The van der Waals surface area contributed by atoms with Crippen molar-refractivity contribution < 1.29 is 9.47 Å². The number of hydrogen-bond acceptors (Lipinski definition) is 2. The van der Waals surface area contributed by atoms with Crippen LogP contribution in [0.2, 0.25) is 0 Å². The number of benzene rings is 2. The Morgan fingerprint density at radius 3 is 1.35 bits per heavy atom. The van der Waals surface area contributed by atoms with Gasteiger partial charge in [0.25, 0.3) is 0 Å². The predicted molar refractivity (Wildman–Crippen MR) is 96.3 cm³/mol. The largest absolute Gasteiger partial charge is 0.489 e. The van der Waals surface area contributed by atoms with E-state index in [1.165, 1.54) is 11.1 Å². The monoisotopic (exact) mass is 308 g/mol. The average Bonchev–Trinajstić information content (AvgIpc) is 2.53. The number of hydrogen-bond donors (Lipinski definition) is 0. The summed E-state index contributed by atoms with van der Waals surface area (Å²) in [6.07, 6.45) is 0.890. The van der Waals surface area contributed by atoms with E-state index in [2.05, 4.69) is 37.4 Å². The highest BCUT2D eigenvalue weighted by Crippen LogP contribution is 2.18. The van der Waals surface area contributed by atoms with E-state index in [-0.39, 0.29) is 0 Å². The van der Waals surface area contributed by atoms with Crippen molar-refractivity contribution in [1.29, 1.82) is 0 Å². The molecule has 0 aromatic heterocycles. The third kappa shape index (κ3) is 6.03. The zero-order chi connectivity index (χ0) is 16.7. The predicted octanol–water partition coefficient (Wildman–Crippen LogP) is 5.19. The quantitative estimate of drug-likeness (QED) is 0.625. The lowest BCUT2D eigenvalue weighted by atomic mass is 10.0. The van der Waals surface area contributed by atoms with Gasteiger partial charge >= 0.3 is 0 Å². The molecule has 2 nitrogen and oxygen atoms in total. The molecule has 2 aromatic carbocycles. The van der Waals surface area contributed by atoms with E-state index in [0.29, 0.717) is 13.2 Å². The van der Waals surface area contributed by atoms with Crippen molar-refractivity contribution in [3.63, 3.8) is 0 Å². The Morgan fingerprint density at radius 2 is 1.04 bits per heavy atom. The third-order valence-corrected chi connectivity index (χ3v) is 3.23. The second-order valence-corrected chi connectivity index (χ2v) is 5.96. The van der Waals surface area contributed by atoms with E-state index in [9.17, 15) is 0 Å². The summed E-state index contributed by atoms with van der Waals surface area (Å²) in [7, 11) is 0. The van der Waals surface area contributed by atoms with Crippen LogP contribution in [0.4, 0.5) is 0 Å². The average molecular weight is 308 g/mol.